The fraction of sp³-hybridized carbons (Fsp3) is 0.722. The summed E-state index contributed by atoms with van der Waals surface area (Å²) < 4.78 is 27.3. The predicted molar refractivity (Wildman–Crippen MR) is 98.4 cm³/mol. The first kappa shape index (κ1) is 18.0. The number of nitrogens with zero attached hydrogens (tertiary/aromatic N) is 2. The van der Waals surface area contributed by atoms with Crippen LogP contribution in [0.4, 0.5) is 0 Å². The van der Waals surface area contributed by atoms with Gasteiger partial charge in [-0.3, -0.25) is 4.79 Å². The molecule has 1 aromatic heterocycles. The van der Waals surface area contributed by atoms with E-state index >= 15 is 0 Å². The highest BCUT2D eigenvalue weighted by Gasteiger charge is 2.32. The molecular formula is C18H28N4O3S. The number of sulfonamides is 1. The Balaban J connectivity index is 1.36. The molecule has 3 aliphatic rings. The molecule has 0 bridgehead atoms. The van der Waals surface area contributed by atoms with E-state index in [9.17, 15) is 13.2 Å². The molecular weight excluding hydrogens is 352 g/mol. The van der Waals surface area contributed by atoms with Crippen LogP contribution < -0.4 is 5.32 Å². The van der Waals surface area contributed by atoms with Gasteiger partial charge < -0.3 is 15.2 Å². The maximum atomic E-state index is 12.9. The number of H-pyrrole nitrogens is 1. The maximum absolute atomic E-state index is 12.9. The van der Waals surface area contributed by atoms with Crippen LogP contribution >= 0.6 is 0 Å². The number of hydrogen-bond acceptors (Lipinski definition) is 4. The Morgan fingerprint density at radius 1 is 1.12 bits per heavy atom. The van der Waals surface area contributed by atoms with Gasteiger partial charge in [-0.05, 0) is 57.1 Å². The first-order chi connectivity index (χ1) is 12.5. The second-order valence-corrected chi connectivity index (χ2v) is 9.72. The molecule has 26 heavy (non-hydrogen) atoms. The minimum absolute atomic E-state index is 0.105. The van der Waals surface area contributed by atoms with Crippen molar-refractivity contribution in [1.82, 2.24) is 19.5 Å². The summed E-state index contributed by atoms with van der Waals surface area (Å²) in [5.74, 6) is 0.732. The van der Waals surface area contributed by atoms with Crippen molar-refractivity contribution in [2.45, 2.75) is 49.5 Å². The molecule has 0 atom stereocenters. The molecule has 1 aliphatic carbocycles. The Morgan fingerprint density at radius 3 is 2.46 bits per heavy atom. The van der Waals surface area contributed by atoms with E-state index in [1.165, 1.54) is 25.1 Å². The minimum atomic E-state index is -3.54. The molecule has 0 spiro atoms. The third-order valence-corrected chi connectivity index (χ3v) is 7.64. The van der Waals surface area contributed by atoms with Crippen molar-refractivity contribution < 1.29 is 13.2 Å². The molecule has 2 saturated heterocycles. The number of carbonyl (C=O) groups is 1. The average Bonchev–Trinajstić information content (AvgIpc) is 3.13. The van der Waals surface area contributed by atoms with Gasteiger partial charge in [-0.15, -0.1) is 0 Å². The number of piperidine rings is 1. The zero-order chi connectivity index (χ0) is 18.1. The van der Waals surface area contributed by atoms with E-state index in [1.54, 1.807) is 9.21 Å². The Kier molecular flexibility index (Phi) is 5.07. The summed E-state index contributed by atoms with van der Waals surface area (Å²) in [6, 6.07) is 1.91. The lowest BCUT2D eigenvalue weighted by atomic mass is 10.1. The van der Waals surface area contributed by atoms with Gasteiger partial charge in [-0.1, -0.05) is 0 Å². The van der Waals surface area contributed by atoms with Crippen molar-refractivity contribution in [2.75, 3.05) is 32.7 Å². The van der Waals surface area contributed by atoms with Crippen LogP contribution in [0, 0.1) is 5.92 Å². The highest BCUT2D eigenvalue weighted by molar-refractivity contribution is 7.89. The van der Waals surface area contributed by atoms with Crippen molar-refractivity contribution in [3.8, 4) is 0 Å². The highest BCUT2D eigenvalue weighted by Crippen LogP contribution is 2.28. The molecule has 7 nitrogen and oxygen atoms in total. The third-order valence-electron chi connectivity index (χ3n) is 5.76. The van der Waals surface area contributed by atoms with E-state index in [-0.39, 0.29) is 10.8 Å². The molecule has 1 amide bonds. The monoisotopic (exact) mass is 380 g/mol. The summed E-state index contributed by atoms with van der Waals surface area (Å²) >= 11 is 0. The fourth-order valence-electron chi connectivity index (χ4n) is 3.84. The van der Waals surface area contributed by atoms with E-state index in [2.05, 4.69) is 10.3 Å². The van der Waals surface area contributed by atoms with Gasteiger partial charge in [-0.25, -0.2) is 8.42 Å². The number of amides is 1. The Bertz CT molecular complexity index is 742. The topological polar surface area (TPSA) is 85.5 Å². The zero-order valence-corrected chi connectivity index (χ0v) is 15.9. The summed E-state index contributed by atoms with van der Waals surface area (Å²) in [6.07, 6.45) is 7.82. The van der Waals surface area contributed by atoms with E-state index in [4.69, 9.17) is 0 Å². The van der Waals surface area contributed by atoms with Crippen molar-refractivity contribution in [3.63, 3.8) is 0 Å². The van der Waals surface area contributed by atoms with Crippen LogP contribution in [-0.4, -0.2) is 67.3 Å². The van der Waals surface area contributed by atoms with Crippen LogP contribution in [0.3, 0.4) is 0 Å². The van der Waals surface area contributed by atoms with E-state index < -0.39 is 10.0 Å². The molecule has 144 valence electrons. The predicted octanol–water partition coefficient (Wildman–Crippen LogP) is 1.40. The Labute approximate surface area is 155 Å². The second kappa shape index (κ2) is 7.32. The molecule has 1 aromatic rings. The van der Waals surface area contributed by atoms with Crippen molar-refractivity contribution >= 4 is 15.9 Å². The fourth-order valence-corrected chi connectivity index (χ4v) is 5.31. The summed E-state index contributed by atoms with van der Waals surface area (Å²) in [6.45, 7) is 3.64. The third kappa shape index (κ3) is 3.82. The first-order valence-corrected chi connectivity index (χ1v) is 11.2. The number of rotatable bonds is 6. The summed E-state index contributed by atoms with van der Waals surface area (Å²) in [4.78, 5) is 17.3. The number of nitrogens with one attached hydrogen (secondary N) is 2. The molecule has 8 heteroatoms. The van der Waals surface area contributed by atoms with Crippen LogP contribution in [0.25, 0.3) is 0 Å². The average molecular weight is 381 g/mol. The van der Waals surface area contributed by atoms with Crippen LogP contribution in [0.15, 0.2) is 17.2 Å². The SMILES string of the molecule is O=C(c1cc(S(=O)(=O)N2CCC(NCC3CC3)CC2)c[nH]1)N1CCCC1. The number of hydrogen-bond donors (Lipinski definition) is 2. The molecule has 0 aromatic carbocycles. The van der Waals surface area contributed by atoms with Gasteiger partial charge in [-0.2, -0.15) is 4.31 Å². The minimum Gasteiger partial charge on any atom is -0.356 e. The van der Waals surface area contributed by atoms with Crippen LogP contribution in [0.5, 0.6) is 0 Å². The maximum Gasteiger partial charge on any atom is 0.270 e. The molecule has 2 N–H and O–H groups in total. The van der Waals surface area contributed by atoms with E-state index in [0.29, 0.717) is 24.8 Å². The molecule has 0 unspecified atom stereocenters. The Hall–Kier alpha value is -1.38. The number of carbonyl (C=O) groups excluding carboxylic acids is 1. The molecule has 3 heterocycles. The summed E-state index contributed by atoms with van der Waals surface area (Å²) in [5.41, 5.74) is 0.367. The number of aromatic amines is 1. The molecule has 1 saturated carbocycles. The lowest BCUT2D eigenvalue weighted by Crippen LogP contribution is -2.45. The normalized spacial score (nSPS) is 22.8. The van der Waals surface area contributed by atoms with Gasteiger partial charge in [0.15, 0.2) is 0 Å². The van der Waals surface area contributed by atoms with Crippen molar-refractivity contribution in [1.29, 1.82) is 0 Å². The van der Waals surface area contributed by atoms with Gasteiger partial charge in [0.25, 0.3) is 5.91 Å². The molecule has 4 rings (SSSR count). The summed E-state index contributed by atoms with van der Waals surface area (Å²) in [5, 5.41) is 3.57. The Morgan fingerprint density at radius 2 is 1.81 bits per heavy atom. The molecule has 0 radical (unpaired) electrons. The van der Waals surface area contributed by atoms with Gasteiger partial charge in [0.05, 0.1) is 0 Å². The molecule has 3 fully saturated rings. The van der Waals surface area contributed by atoms with Crippen LogP contribution in [-0.2, 0) is 10.0 Å². The van der Waals surface area contributed by atoms with E-state index in [1.807, 2.05) is 0 Å². The van der Waals surface area contributed by atoms with Crippen LogP contribution in [0.2, 0.25) is 0 Å². The van der Waals surface area contributed by atoms with E-state index in [0.717, 1.165) is 51.2 Å². The quantitative estimate of drug-likeness (QED) is 0.781. The lowest BCUT2D eigenvalue weighted by molar-refractivity contribution is 0.0787. The highest BCUT2D eigenvalue weighted by atomic mass is 32.2. The van der Waals surface area contributed by atoms with Crippen molar-refractivity contribution in [3.05, 3.63) is 18.0 Å². The molecule has 2 aliphatic heterocycles. The van der Waals surface area contributed by atoms with Gasteiger partial charge >= 0.3 is 0 Å². The first-order valence-electron chi connectivity index (χ1n) is 9.75. The van der Waals surface area contributed by atoms with Crippen LogP contribution in [0.1, 0.15) is 49.0 Å². The van der Waals surface area contributed by atoms with Crippen molar-refractivity contribution in [2.24, 2.45) is 5.92 Å². The van der Waals surface area contributed by atoms with Gasteiger partial charge in [0.1, 0.15) is 10.6 Å². The zero-order valence-electron chi connectivity index (χ0n) is 15.1. The largest absolute Gasteiger partial charge is 0.356 e. The number of likely N-dealkylation sites (tertiary alicyclic amines) is 1. The number of aromatic nitrogens is 1. The van der Waals surface area contributed by atoms with Gasteiger partial charge in [0.2, 0.25) is 10.0 Å². The van der Waals surface area contributed by atoms with Gasteiger partial charge in [0, 0.05) is 38.4 Å². The summed E-state index contributed by atoms with van der Waals surface area (Å²) in [7, 11) is -3.54. The standard InChI is InChI=1S/C18H28N4O3S/c23-18(21-7-1-2-8-21)17-11-16(13-20-17)26(24,25)22-9-5-15(6-10-22)19-12-14-3-4-14/h11,13-15,19-20H,1-10,12H2. The smallest absolute Gasteiger partial charge is 0.270 e. The second-order valence-electron chi connectivity index (χ2n) is 7.78. The lowest BCUT2D eigenvalue weighted by Gasteiger charge is -2.31.